The van der Waals surface area contributed by atoms with Crippen molar-refractivity contribution in [1.29, 1.82) is 0 Å². The van der Waals surface area contributed by atoms with Gasteiger partial charge in [0.1, 0.15) is 12.2 Å². The van der Waals surface area contributed by atoms with E-state index in [9.17, 15) is 4.79 Å². The molecule has 2 rings (SSSR count). The molecule has 0 unspecified atom stereocenters. The summed E-state index contributed by atoms with van der Waals surface area (Å²) < 4.78 is 1.17. The molecule has 6 heteroatoms. The Labute approximate surface area is 115 Å². The van der Waals surface area contributed by atoms with Gasteiger partial charge in [-0.05, 0) is 12.1 Å². The minimum Gasteiger partial charge on any atom is -0.374 e. The number of nitrogens with zero attached hydrogens (tertiary/aromatic N) is 3. The first-order valence-electron chi connectivity index (χ1n) is 5.55. The summed E-state index contributed by atoms with van der Waals surface area (Å²) in [7, 11) is 0. The molecule has 0 fully saturated rings. The van der Waals surface area contributed by atoms with Crippen molar-refractivity contribution in [1.82, 2.24) is 14.8 Å². The molecule has 2 aromatic rings. The maximum Gasteiger partial charge on any atom is 0.292 e. The number of halogens is 1. The van der Waals surface area contributed by atoms with Crippen molar-refractivity contribution in [2.45, 2.75) is 13.1 Å². The molecule has 19 heavy (non-hydrogen) atoms. The van der Waals surface area contributed by atoms with E-state index in [1.54, 1.807) is 6.20 Å². The third-order valence-electron chi connectivity index (χ3n) is 2.41. The van der Waals surface area contributed by atoms with Crippen LogP contribution in [0.5, 0.6) is 0 Å². The van der Waals surface area contributed by atoms with Gasteiger partial charge in [-0.2, -0.15) is 5.10 Å². The molecule has 96 valence electrons. The van der Waals surface area contributed by atoms with Crippen molar-refractivity contribution in [2.24, 2.45) is 0 Å². The highest BCUT2D eigenvalue weighted by Crippen LogP contribution is 2.15. The number of anilines is 1. The molecular weight excluding hydrogens is 264 g/mol. The Balaban J connectivity index is 2.23. The zero-order valence-corrected chi connectivity index (χ0v) is 10.8. The fraction of sp³-hybridized carbons (Fsp3) is 0.154. The standard InChI is InChI=1S/C13H11ClN4O/c1-2-7-18-13(19)12(11(14)9-17-18)16-8-10-5-3-4-6-15-10/h1,3-6,9,16H,7-8H2. The van der Waals surface area contributed by atoms with E-state index < -0.39 is 0 Å². The second-order valence-electron chi connectivity index (χ2n) is 3.71. The van der Waals surface area contributed by atoms with Gasteiger partial charge in [0.25, 0.3) is 5.56 Å². The van der Waals surface area contributed by atoms with Gasteiger partial charge in [0.15, 0.2) is 0 Å². The van der Waals surface area contributed by atoms with Gasteiger partial charge in [0, 0.05) is 6.20 Å². The van der Waals surface area contributed by atoms with E-state index in [2.05, 4.69) is 21.3 Å². The Morgan fingerprint density at radius 3 is 3.00 bits per heavy atom. The zero-order chi connectivity index (χ0) is 13.7. The van der Waals surface area contributed by atoms with Gasteiger partial charge in [-0.25, -0.2) is 4.68 Å². The molecule has 0 spiro atoms. The lowest BCUT2D eigenvalue weighted by Crippen LogP contribution is -2.25. The number of terminal acetylenes is 1. The van der Waals surface area contributed by atoms with Crippen LogP contribution in [-0.4, -0.2) is 14.8 Å². The average molecular weight is 275 g/mol. The summed E-state index contributed by atoms with van der Waals surface area (Å²) in [6.45, 7) is 0.504. The maximum absolute atomic E-state index is 12.0. The van der Waals surface area contributed by atoms with Gasteiger partial charge in [0.2, 0.25) is 0 Å². The lowest BCUT2D eigenvalue weighted by Gasteiger charge is -2.08. The van der Waals surface area contributed by atoms with Crippen molar-refractivity contribution >= 4 is 17.3 Å². The fourth-order valence-corrected chi connectivity index (χ4v) is 1.70. The average Bonchev–Trinajstić information content (AvgIpc) is 2.43. The Hall–Kier alpha value is -2.32. The second-order valence-corrected chi connectivity index (χ2v) is 4.12. The quantitative estimate of drug-likeness (QED) is 0.859. The van der Waals surface area contributed by atoms with Gasteiger partial charge in [-0.3, -0.25) is 9.78 Å². The molecule has 0 saturated heterocycles. The molecule has 0 bridgehead atoms. The molecule has 5 nitrogen and oxygen atoms in total. The number of hydrogen-bond acceptors (Lipinski definition) is 4. The van der Waals surface area contributed by atoms with Crippen LogP contribution in [0.1, 0.15) is 5.69 Å². The van der Waals surface area contributed by atoms with Gasteiger partial charge < -0.3 is 5.32 Å². The minimum atomic E-state index is -0.346. The molecule has 2 heterocycles. The third-order valence-corrected chi connectivity index (χ3v) is 2.70. The number of nitrogens with one attached hydrogen (secondary N) is 1. The largest absolute Gasteiger partial charge is 0.374 e. The van der Waals surface area contributed by atoms with Gasteiger partial charge in [-0.15, -0.1) is 6.42 Å². The Kier molecular flexibility index (Phi) is 4.16. The first-order chi connectivity index (χ1) is 9.22. The molecule has 0 amide bonds. The zero-order valence-electron chi connectivity index (χ0n) is 10.0. The van der Waals surface area contributed by atoms with E-state index in [-0.39, 0.29) is 22.8 Å². The second kappa shape index (κ2) is 6.03. The van der Waals surface area contributed by atoms with Crippen LogP contribution in [0.15, 0.2) is 35.4 Å². The lowest BCUT2D eigenvalue weighted by atomic mass is 10.3. The summed E-state index contributed by atoms with van der Waals surface area (Å²) in [5, 5.41) is 7.08. The van der Waals surface area contributed by atoms with Crippen LogP contribution in [0, 0.1) is 12.3 Å². The highest BCUT2D eigenvalue weighted by Gasteiger charge is 2.09. The third kappa shape index (κ3) is 3.12. The number of aromatic nitrogens is 3. The molecule has 0 radical (unpaired) electrons. The van der Waals surface area contributed by atoms with Crippen LogP contribution in [0.2, 0.25) is 5.02 Å². The Bertz CT molecular complexity index is 661. The molecule has 1 N–H and O–H groups in total. The summed E-state index contributed by atoms with van der Waals surface area (Å²) in [6.07, 6.45) is 8.24. The first kappa shape index (κ1) is 13.1. The van der Waals surface area contributed by atoms with E-state index in [4.69, 9.17) is 18.0 Å². The van der Waals surface area contributed by atoms with Crippen LogP contribution in [-0.2, 0) is 13.1 Å². The molecule has 0 aliphatic heterocycles. The van der Waals surface area contributed by atoms with Gasteiger partial charge in [-0.1, -0.05) is 23.6 Å². The molecule has 0 aliphatic rings. The monoisotopic (exact) mass is 274 g/mol. The molecule has 0 saturated carbocycles. The normalized spacial score (nSPS) is 9.89. The molecule has 0 aromatic carbocycles. The molecule has 0 atom stereocenters. The summed E-state index contributed by atoms with van der Waals surface area (Å²) in [5.74, 6) is 2.36. The minimum absolute atomic E-state index is 0.105. The van der Waals surface area contributed by atoms with Crippen LogP contribution in [0.25, 0.3) is 0 Å². The van der Waals surface area contributed by atoms with Crippen LogP contribution in [0.4, 0.5) is 5.69 Å². The van der Waals surface area contributed by atoms with E-state index in [1.165, 1.54) is 10.9 Å². The van der Waals surface area contributed by atoms with Crippen LogP contribution < -0.4 is 10.9 Å². The van der Waals surface area contributed by atoms with Gasteiger partial charge >= 0.3 is 0 Å². The van der Waals surface area contributed by atoms with E-state index in [0.717, 1.165) is 5.69 Å². The lowest BCUT2D eigenvalue weighted by molar-refractivity contribution is 0.664. The van der Waals surface area contributed by atoms with Crippen molar-refractivity contribution in [2.75, 3.05) is 5.32 Å². The smallest absolute Gasteiger partial charge is 0.292 e. The highest BCUT2D eigenvalue weighted by atomic mass is 35.5. The predicted octanol–water partition coefficient (Wildman–Crippen LogP) is 1.54. The first-order valence-corrected chi connectivity index (χ1v) is 5.93. The van der Waals surface area contributed by atoms with Crippen molar-refractivity contribution in [3.05, 3.63) is 51.7 Å². The summed E-state index contributed by atoms with van der Waals surface area (Å²) >= 11 is 5.96. The number of hydrogen-bond donors (Lipinski definition) is 1. The molecule has 2 aromatic heterocycles. The van der Waals surface area contributed by atoms with Crippen LogP contribution >= 0.6 is 11.6 Å². The Morgan fingerprint density at radius 2 is 2.32 bits per heavy atom. The van der Waals surface area contributed by atoms with Crippen molar-refractivity contribution in [3.8, 4) is 12.3 Å². The van der Waals surface area contributed by atoms with Crippen LogP contribution in [0.3, 0.4) is 0 Å². The number of rotatable bonds is 4. The highest BCUT2D eigenvalue weighted by molar-refractivity contribution is 6.32. The Morgan fingerprint density at radius 1 is 1.47 bits per heavy atom. The number of pyridine rings is 1. The molecule has 0 aliphatic carbocycles. The fourth-order valence-electron chi connectivity index (χ4n) is 1.51. The maximum atomic E-state index is 12.0. The van der Waals surface area contributed by atoms with E-state index in [1.807, 2.05) is 18.2 Å². The van der Waals surface area contributed by atoms with Gasteiger partial charge in [0.05, 0.1) is 23.5 Å². The summed E-state index contributed by atoms with van der Waals surface area (Å²) in [6, 6.07) is 5.54. The molecular formula is C13H11ClN4O. The predicted molar refractivity (Wildman–Crippen MR) is 73.9 cm³/mol. The van der Waals surface area contributed by atoms with Crippen molar-refractivity contribution < 1.29 is 0 Å². The summed E-state index contributed by atoms with van der Waals surface area (Å²) in [5.41, 5.74) is 0.734. The SMILES string of the molecule is C#CCn1ncc(Cl)c(NCc2ccccn2)c1=O. The topological polar surface area (TPSA) is 59.8 Å². The summed E-state index contributed by atoms with van der Waals surface area (Å²) in [4.78, 5) is 16.2. The van der Waals surface area contributed by atoms with E-state index in [0.29, 0.717) is 6.54 Å². The van der Waals surface area contributed by atoms with Crippen molar-refractivity contribution in [3.63, 3.8) is 0 Å². The van der Waals surface area contributed by atoms with E-state index >= 15 is 0 Å².